The molecule has 44 heavy (non-hydrogen) atoms. The largest absolute Gasteiger partial charge is 0.350 e. The first-order chi connectivity index (χ1) is 20.8. The fourth-order valence-corrected chi connectivity index (χ4v) is 6.60. The smallest absolute Gasteiger partial charge is 0.264 e. The molecular weight excluding hydrogens is 570 g/mol. The SMILES string of the molecule is Cc1ccc(N(CC(=O)N(Cc2ccccc2)[C@@H](Cc2ccccc2)C(=O)NC(C)(C)C)S(=O)(=O)c2ccccc2)c(C)c1. The summed E-state index contributed by atoms with van der Waals surface area (Å²) < 4.78 is 29.5. The van der Waals surface area contributed by atoms with Crippen LogP contribution in [0.4, 0.5) is 5.69 Å². The van der Waals surface area contributed by atoms with Gasteiger partial charge in [-0.3, -0.25) is 13.9 Å². The third-order valence-electron chi connectivity index (χ3n) is 7.20. The van der Waals surface area contributed by atoms with Crippen molar-refractivity contribution >= 4 is 27.5 Å². The second-order valence-corrected chi connectivity index (χ2v) is 13.9. The second-order valence-electron chi connectivity index (χ2n) is 12.1. The van der Waals surface area contributed by atoms with Gasteiger partial charge in [0.05, 0.1) is 10.6 Å². The number of carbonyl (C=O) groups excluding carboxylic acids is 2. The normalized spacial score (nSPS) is 12.3. The fourth-order valence-electron chi connectivity index (χ4n) is 5.11. The molecule has 0 aliphatic rings. The molecule has 0 aliphatic heterocycles. The number of anilines is 1. The van der Waals surface area contributed by atoms with Crippen LogP contribution in [0.25, 0.3) is 0 Å². The molecule has 0 aromatic heterocycles. The highest BCUT2D eigenvalue weighted by molar-refractivity contribution is 7.92. The highest BCUT2D eigenvalue weighted by atomic mass is 32.2. The van der Waals surface area contributed by atoms with Gasteiger partial charge in [0.1, 0.15) is 12.6 Å². The predicted octanol–water partition coefficient (Wildman–Crippen LogP) is 6.05. The molecule has 4 aromatic rings. The molecule has 0 saturated carbocycles. The van der Waals surface area contributed by atoms with E-state index >= 15 is 0 Å². The maximum atomic E-state index is 14.5. The topological polar surface area (TPSA) is 86.8 Å². The van der Waals surface area contributed by atoms with Gasteiger partial charge >= 0.3 is 0 Å². The van der Waals surface area contributed by atoms with E-state index in [-0.39, 0.29) is 23.8 Å². The average Bonchev–Trinajstić information content (AvgIpc) is 2.98. The number of hydrogen-bond acceptors (Lipinski definition) is 4. The minimum absolute atomic E-state index is 0.0775. The Hall–Kier alpha value is -4.43. The summed E-state index contributed by atoms with van der Waals surface area (Å²) in [4.78, 5) is 30.0. The van der Waals surface area contributed by atoms with E-state index in [9.17, 15) is 18.0 Å². The molecule has 0 aliphatic carbocycles. The van der Waals surface area contributed by atoms with Crippen LogP contribution >= 0.6 is 0 Å². The Morgan fingerprint density at radius 3 is 1.86 bits per heavy atom. The molecule has 1 atom stereocenters. The summed E-state index contributed by atoms with van der Waals surface area (Å²) in [5, 5.41) is 3.05. The Morgan fingerprint density at radius 2 is 1.32 bits per heavy atom. The van der Waals surface area contributed by atoms with Crippen molar-refractivity contribution in [3.63, 3.8) is 0 Å². The number of sulfonamides is 1. The quantitative estimate of drug-likeness (QED) is 0.224. The van der Waals surface area contributed by atoms with Gasteiger partial charge < -0.3 is 10.2 Å². The molecule has 0 unspecified atom stereocenters. The standard InChI is InChI=1S/C36H41N3O4S/c1-27-21-22-32(28(2)23-27)39(44(42,43)31-19-13-8-14-20-31)26-34(40)38(25-30-17-11-7-12-18-30)33(35(41)37-36(3,4)5)24-29-15-9-6-10-16-29/h6-23,33H,24-26H2,1-5H3,(H,37,41)/t33-/m0/s1. The molecule has 0 saturated heterocycles. The van der Waals surface area contributed by atoms with E-state index in [1.54, 1.807) is 24.3 Å². The number of nitrogens with one attached hydrogen (secondary N) is 1. The van der Waals surface area contributed by atoms with Crippen molar-refractivity contribution in [3.05, 3.63) is 131 Å². The van der Waals surface area contributed by atoms with E-state index in [0.29, 0.717) is 5.69 Å². The lowest BCUT2D eigenvalue weighted by Gasteiger charge is -2.35. The molecule has 2 amide bonds. The van der Waals surface area contributed by atoms with Gasteiger partial charge in [-0.2, -0.15) is 0 Å². The van der Waals surface area contributed by atoms with Gasteiger partial charge in [-0.15, -0.1) is 0 Å². The van der Waals surface area contributed by atoms with Gasteiger partial charge in [-0.1, -0.05) is 96.6 Å². The minimum Gasteiger partial charge on any atom is -0.350 e. The molecule has 0 fully saturated rings. The first-order valence-electron chi connectivity index (χ1n) is 14.7. The van der Waals surface area contributed by atoms with E-state index in [1.807, 2.05) is 107 Å². The lowest BCUT2D eigenvalue weighted by atomic mass is 10.0. The Morgan fingerprint density at radius 1 is 0.773 bits per heavy atom. The number of carbonyl (C=O) groups is 2. The number of benzene rings is 4. The van der Waals surface area contributed by atoms with Crippen LogP contribution in [0.3, 0.4) is 0 Å². The van der Waals surface area contributed by atoms with Crippen LogP contribution in [0.15, 0.2) is 114 Å². The van der Waals surface area contributed by atoms with Gasteiger partial charge in [0.2, 0.25) is 11.8 Å². The molecule has 230 valence electrons. The summed E-state index contributed by atoms with van der Waals surface area (Å²) in [6, 6.07) is 31.6. The Labute approximate surface area is 261 Å². The Bertz CT molecular complexity index is 1670. The van der Waals surface area contributed by atoms with E-state index in [1.165, 1.54) is 21.3 Å². The number of hydrogen-bond donors (Lipinski definition) is 1. The van der Waals surface area contributed by atoms with E-state index in [4.69, 9.17) is 0 Å². The van der Waals surface area contributed by atoms with E-state index in [0.717, 1.165) is 22.3 Å². The van der Waals surface area contributed by atoms with Crippen molar-refractivity contribution in [2.24, 2.45) is 0 Å². The first kappa shape index (κ1) is 32.5. The van der Waals surface area contributed by atoms with Crippen molar-refractivity contribution in [1.29, 1.82) is 0 Å². The highest BCUT2D eigenvalue weighted by Gasteiger charge is 2.36. The number of rotatable bonds is 11. The Kier molecular flexibility index (Phi) is 10.3. The maximum absolute atomic E-state index is 14.5. The summed E-state index contributed by atoms with van der Waals surface area (Å²) in [6.07, 6.45) is 0.260. The molecule has 1 N–H and O–H groups in total. The predicted molar refractivity (Wildman–Crippen MR) is 176 cm³/mol. The third-order valence-corrected chi connectivity index (χ3v) is 8.97. The van der Waals surface area contributed by atoms with Crippen molar-refractivity contribution in [3.8, 4) is 0 Å². The number of amides is 2. The van der Waals surface area contributed by atoms with Gasteiger partial charge in [-0.25, -0.2) is 8.42 Å². The van der Waals surface area contributed by atoms with Crippen molar-refractivity contribution in [2.45, 2.75) is 64.1 Å². The van der Waals surface area contributed by atoms with Crippen molar-refractivity contribution in [1.82, 2.24) is 10.2 Å². The zero-order chi connectivity index (χ0) is 31.9. The zero-order valence-corrected chi connectivity index (χ0v) is 26.8. The van der Waals surface area contributed by atoms with Crippen LogP contribution in [-0.2, 0) is 32.6 Å². The molecule has 4 aromatic carbocycles. The molecule has 0 spiro atoms. The molecule has 4 rings (SSSR count). The summed E-state index contributed by atoms with van der Waals surface area (Å²) in [6.45, 7) is 9.08. The van der Waals surface area contributed by atoms with Crippen LogP contribution in [0.5, 0.6) is 0 Å². The number of nitrogens with zero attached hydrogens (tertiary/aromatic N) is 2. The first-order valence-corrected chi connectivity index (χ1v) is 16.1. The van der Waals surface area contributed by atoms with Gasteiger partial charge in [0, 0.05) is 18.5 Å². The molecule has 7 nitrogen and oxygen atoms in total. The average molecular weight is 612 g/mol. The lowest BCUT2D eigenvalue weighted by molar-refractivity contribution is -0.140. The molecular formula is C36H41N3O4S. The molecule has 0 bridgehead atoms. The van der Waals surface area contributed by atoms with Crippen molar-refractivity contribution < 1.29 is 18.0 Å². The van der Waals surface area contributed by atoms with Crippen LogP contribution in [-0.4, -0.2) is 43.3 Å². The highest BCUT2D eigenvalue weighted by Crippen LogP contribution is 2.28. The molecule has 0 radical (unpaired) electrons. The van der Waals surface area contributed by atoms with E-state index < -0.39 is 34.1 Å². The van der Waals surface area contributed by atoms with Gasteiger partial charge in [0.25, 0.3) is 10.0 Å². The van der Waals surface area contributed by atoms with E-state index in [2.05, 4.69) is 5.32 Å². The summed E-state index contributed by atoms with van der Waals surface area (Å²) >= 11 is 0. The van der Waals surface area contributed by atoms with Gasteiger partial charge in [0.15, 0.2) is 0 Å². The minimum atomic E-state index is -4.14. The van der Waals surface area contributed by atoms with Crippen LogP contribution in [0, 0.1) is 13.8 Å². The molecule has 0 heterocycles. The maximum Gasteiger partial charge on any atom is 0.264 e. The van der Waals surface area contributed by atoms with Crippen LogP contribution in [0.2, 0.25) is 0 Å². The monoisotopic (exact) mass is 611 g/mol. The molecule has 8 heteroatoms. The van der Waals surface area contributed by atoms with Crippen LogP contribution < -0.4 is 9.62 Å². The van der Waals surface area contributed by atoms with Gasteiger partial charge in [-0.05, 0) is 69.5 Å². The summed E-state index contributed by atoms with van der Waals surface area (Å²) in [5.41, 5.74) is 3.27. The number of aryl methyl sites for hydroxylation is 2. The lowest BCUT2D eigenvalue weighted by Crippen LogP contribution is -2.56. The zero-order valence-electron chi connectivity index (χ0n) is 26.0. The third kappa shape index (κ3) is 8.35. The summed E-state index contributed by atoms with van der Waals surface area (Å²) in [7, 11) is -4.14. The van der Waals surface area contributed by atoms with Crippen LogP contribution in [0.1, 0.15) is 43.0 Å². The van der Waals surface area contributed by atoms with Crippen molar-refractivity contribution in [2.75, 3.05) is 10.8 Å². The fraction of sp³-hybridized carbons (Fsp3) is 0.278. The second kappa shape index (κ2) is 13.9. The summed E-state index contributed by atoms with van der Waals surface area (Å²) in [5.74, 6) is -0.798. The Balaban J connectivity index is 1.82.